The van der Waals surface area contributed by atoms with Crippen LogP contribution >= 0.6 is 11.3 Å². The molecule has 0 spiro atoms. The fourth-order valence-electron chi connectivity index (χ4n) is 4.32. The largest absolute Gasteiger partial charge is 0.493 e. The molecule has 0 bridgehead atoms. The standard InChI is InChI=1S/C32H37N3O3S/c36-32(26-17-22-39-25-26)38-21-14-8-6-4-2-1-3-5-7-13-20-37-27-23-30(28-15-9-11-18-33-28)35-31(24-27)29-16-10-12-19-34-29/h9-12,15-19,22-25H,1-8,13-14,20-21H2. The van der Waals surface area contributed by atoms with Crippen molar-refractivity contribution in [2.24, 2.45) is 0 Å². The molecule has 6 nitrogen and oxygen atoms in total. The second-order valence-electron chi connectivity index (χ2n) is 9.54. The van der Waals surface area contributed by atoms with E-state index in [1.54, 1.807) is 18.5 Å². The third-order valence-electron chi connectivity index (χ3n) is 6.45. The molecule has 0 aliphatic heterocycles. The highest BCUT2D eigenvalue weighted by atomic mass is 32.1. The van der Waals surface area contributed by atoms with Crippen molar-refractivity contribution >= 4 is 17.3 Å². The van der Waals surface area contributed by atoms with E-state index in [1.807, 2.05) is 59.3 Å². The molecule has 0 N–H and O–H groups in total. The van der Waals surface area contributed by atoms with Gasteiger partial charge in [0.15, 0.2) is 0 Å². The Kier molecular flexibility index (Phi) is 12.0. The summed E-state index contributed by atoms with van der Waals surface area (Å²) in [6, 6.07) is 17.4. The highest BCUT2D eigenvalue weighted by molar-refractivity contribution is 7.08. The van der Waals surface area contributed by atoms with Gasteiger partial charge < -0.3 is 9.47 Å². The first-order chi connectivity index (χ1) is 19.3. The van der Waals surface area contributed by atoms with Crippen LogP contribution < -0.4 is 4.74 Å². The number of rotatable bonds is 17. The number of unbranched alkanes of at least 4 members (excludes halogenated alkanes) is 9. The fraction of sp³-hybridized carbons (Fsp3) is 0.375. The van der Waals surface area contributed by atoms with Crippen LogP contribution in [0.5, 0.6) is 5.75 Å². The molecule has 0 unspecified atom stereocenters. The van der Waals surface area contributed by atoms with Gasteiger partial charge in [-0.25, -0.2) is 9.78 Å². The second kappa shape index (κ2) is 16.4. The molecular formula is C32H37N3O3S. The van der Waals surface area contributed by atoms with Gasteiger partial charge in [0.25, 0.3) is 0 Å². The number of ether oxygens (including phenoxy) is 2. The molecule has 0 aliphatic carbocycles. The van der Waals surface area contributed by atoms with E-state index in [4.69, 9.17) is 14.5 Å². The van der Waals surface area contributed by atoms with Crippen LogP contribution in [0.2, 0.25) is 0 Å². The third kappa shape index (κ3) is 9.91. The van der Waals surface area contributed by atoms with Gasteiger partial charge in [-0.3, -0.25) is 9.97 Å². The molecule has 0 fully saturated rings. The highest BCUT2D eigenvalue weighted by Crippen LogP contribution is 2.26. The van der Waals surface area contributed by atoms with E-state index in [0.717, 1.165) is 47.8 Å². The van der Waals surface area contributed by atoms with Gasteiger partial charge in [0.1, 0.15) is 5.75 Å². The summed E-state index contributed by atoms with van der Waals surface area (Å²) in [5.41, 5.74) is 3.87. The topological polar surface area (TPSA) is 74.2 Å². The van der Waals surface area contributed by atoms with Crippen LogP contribution in [-0.2, 0) is 4.74 Å². The molecular weight excluding hydrogens is 506 g/mol. The van der Waals surface area contributed by atoms with E-state index in [9.17, 15) is 4.79 Å². The monoisotopic (exact) mass is 543 g/mol. The van der Waals surface area contributed by atoms with Crippen molar-refractivity contribution in [3.63, 3.8) is 0 Å². The molecule has 0 amide bonds. The van der Waals surface area contributed by atoms with Gasteiger partial charge in [-0.05, 0) is 48.6 Å². The SMILES string of the molecule is O=C(OCCCCCCCCCCCCOc1cc(-c2ccccn2)nc(-c2ccccn2)c1)c1ccsc1. The van der Waals surface area contributed by atoms with Gasteiger partial charge in [0, 0.05) is 29.9 Å². The van der Waals surface area contributed by atoms with Crippen LogP contribution in [0, 0.1) is 0 Å². The molecule has 0 atom stereocenters. The summed E-state index contributed by atoms with van der Waals surface area (Å²) in [5, 5.41) is 3.72. The van der Waals surface area contributed by atoms with Crippen molar-refractivity contribution in [3.8, 4) is 28.5 Å². The summed E-state index contributed by atoms with van der Waals surface area (Å²) >= 11 is 1.52. The Morgan fingerprint density at radius 2 is 1.23 bits per heavy atom. The fourth-order valence-corrected chi connectivity index (χ4v) is 4.94. The summed E-state index contributed by atoms with van der Waals surface area (Å²) in [6.45, 7) is 1.20. The van der Waals surface area contributed by atoms with Crippen molar-refractivity contribution in [3.05, 3.63) is 83.3 Å². The van der Waals surface area contributed by atoms with E-state index < -0.39 is 0 Å². The molecule has 4 rings (SSSR count). The molecule has 204 valence electrons. The lowest BCUT2D eigenvalue weighted by Crippen LogP contribution is -2.05. The summed E-state index contributed by atoms with van der Waals surface area (Å²) < 4.78 is 11.4. The zero-order valence-electron chi connectivity index (χ0n) is 22.5. The predicted octanol–water partition coefficient (Wildman–Crippen LogP) is 8.40. The first-order valence-electron chi connectivity index (χ1n) is 14.0. The van der Waals surface area contributed by atoms with Gasteiger partial charge in [-0.15, -0.1) is 0 Å². The van der Waals surface area contributed by atoms with Gasteiger partial charge in [-0.2, -0.15) is 11.3 Å². The van der Waals surface area contributed by atoms with Crippen LogP contribution in [0.1, 0.15) is 74.6 Å². The summed E-state index contributed by atoms with van der Waals surface area (Å²) in [4.78, 5) is 25.5. The van der Waals surface area contributed by atoms with Gasteiger partial charge in [0.2, 0.25) is 0 Å². The van der Waals surface area contributed by atoms with E-state index in [2.05, 4.69) is 9.97 Å². The average Bonchev–Trinajstić information content (AvgIpc) is 3.53. The summed E-state index contributed by atoms with van der Waals surface area (Å²) in [6.07, 6.45) is 15.3. The zero-order chi connectivity index (χ0) is 27.0. The Balaban J connectivity index is 1.07. The van der Waals surface area contributed by atoms with Crippen LogP contribution in [0.3, 0.4) is 0 Å². The predicted molar refractivity (Wildman–Crippen MR) is 157 cm³/mol. The molecule has 7 heteroatoms. The molecule has 4 aromatic heterocycles. The minimum absolute atomic E-state index is 0.203. The Bertz CT molecular complexity index is 1180. The minimum Gasteiger partial charge on any atom is -0.493 e. The molecule has 4 aromatic rings. The lowest BCUT2D eigenvalue weighted by Gasteiger charge is -2.10. The second-order valence-corrected chi connectivity index (χ2v) is 10.3. The quantitative estimate of drug-likeness (QED) is 0.0983. The van der Waals surface area contributed by atoms with Gasteiger partial charge >= 0.3 is 5.97 Å². The number of carbonyl (C=O) groups excluding carboxylic acids is 1. The first kappa shape index (κ1) is 28.4. The first-order valence-corrected chi connectivity index (χ1v) is 14.9. The molecule has 4 heterocycles. The number of esters is 1. The average molecular weight is 544 g/mol. The lowest BCUT2D eigenvalue weighted by molar-refractivity contribution is 0.0498. The van der Waals surface area contributed by atoms with E-state index >= 15 is 0 Å². The maximum absolute atomic E-state index is 11.8. The van der Waals surface area contributed by atoms with E-state index in [-0.39, 0.29) is 5.97 Å². The normalized spacial score (nSPS) is 10.9. The number of carbonyl (C=O) groups is 1. The maximum Gasteiger partial charge on any atom is 0.338 e. The van der Waals surface area contributed by atoms with Gasteiger partial charge in [-0.1, -0.05) is 63.5 Å². The molecule has 0 saturated carbocycles. The smallest absolute Gasteiger partial charge is 0.338 e. The van der Waals surface area contributed by atoms with Crippen molar-refractivity contribution in [1.29, 1.82) is 0 Å². The molecule has 39 heavy (non-hydrogen) atoms. The number of thiophene rings is 1. The van der Waals surface area contributed by atoms with Crippen LogP contribution in [0.4, 0.5) is 0 Å². The molecule has 0 aromatic carbocycles. The number of nitrogens with zero attached hydrogens (tertiary/aromatic N) is 3. The van der Waals surface area contributed by atoms with E-state index in [1.165, 1.54) is 56.3 Å². The number of hydrogen-bond acceptors (Lipinski definition) is 7. The van der Waals surface area contributed by atoms with Crippen LogP contribution in [0.15, 0.2) is 77.8 Å². The number of aromatic nitrogens is 3. The van der Waals surface area contributed by atoms with Crippen molar-refractivity contribution in [2.75, 3.05) is 13.2 Å². The highest BCUT2D eigenvalue weighted by Gasteiger charge is 2.10. The van der Waals surface area contributed by atoms with Crippen molar-refractivity contribution < 1.29 is 14.3 Å². The Morgan fingerprint density at radius 1 is 0.667 bits per heavy atom. The number of hydrogen-bond donors (Lipinski definition) is 0. The Labute approximate surface area is 235 Å². The third-order valence-corrected chi connectivity index (χ3v) is 7.13. The minimum atomic E-state index is -0.203. The maximum atomic E-state index is 11.8. The Morgan fingerprint density at radius 3 is 1.74 bits per heavy atom. The molecule has 0 saturated heterocycles. The van der Waals surface area contributed by atoms with Crippen molar-refractivity contribution in [2.45, 2.75) is 64.2 Å². The summed E-state index contributed by atoms with van der Waals surface area (Å²) in [5.74, 6) is 0.596. The van der Waals surface area contributed by atoms with E-state index in [0.29, 0.717) is 18.8 Å². The molecule has 0 aliphatic rings. The van der Waals surface area contributed by atoms with Crippen LogP contribution in [0.25, 0.3) is 22.8 Å². The van der Waals surface area contributed by atoms with Gasteiger partial charge in [0.05, 0.1) is 41.6 Å². The Hall–Kier alpha value is -3.58. The van der Waals surface area contributed by atoms with Crippen LogP contribution in [-0.4, -0.2) is 34.1 Å². The lowest BCUT2D eigenvalue weighted by atomic mass is 10.1. The zero-order valence-corrected chi connectivity index (χ0v) is 23.3. The summed E-state index contributed by atoms with van der Waals surface area (Å²) in [7, 11) is 0. The molecule has 0 radical (unpaired) electrons. The number of pyridine rings is 3. The van der Waals surface area contributed by atoms with Crippen molar-refractivity contribution in [1.82, 2.24) is 15.0 Å².